The van der Waals surface area contributed by atoms with Gasteiger partial charge in [-0.2, -0.15) is 0 Å². The maximum absolute atomic E-state index is 8.85. The van der Waals surface area contributed by atoms with Crippen LogP contribution in [0.1, 0.15) is 12.5 Å². The molecule has 1 saturated heterocycles. The Labute approximate surface area is 184 Å². The van der Waals surface area contributed by atoms with Crippen molar-refractivity contribution in [1.29, 1.82) is 0 Å². The number of anilines is 1. The summed E-state index contributed by atoms with van der Waals surface area (Å²) in [5, 5.41) is 11.3. The van der Waals surface area contributed by atoms with Gasteiger partial charge in [0.2, 0.25) is 0 Å². The first-order valence-electron chi connectivity index (χ1n) is 10.4. The monoisotopic (exact) mass is 427 g/mol. The number of aliphatic hydroxyl groups is 1. The zero-order valence-corrected chi connectivity index (χ0v) is 18.3. The summed E-state index contributed by atoms with van der Waals surface area (Å²) in [6.45, 7) is 8.44. The maximum atomic E-state index is 8.85. The van der Waals surface area contributed by atoms with E-state index in [2.05, 4.69) is 71.3 Å². The van der Waals surface area contributed by atoms with Gasteiger partial charge in [0, 0.05) is 37.1 Å². The van der Waals surface area contributed by atoms with E-state index < -0.39 is 0 Å². The van der Waals surface area contributed by atoms with Crippen LogP contribution in [0.25, 0.3) is 22.0 Å². The van der Waals surface area contributed by atoms with Crippen molar-refractivity contribution in [2.24, 2.45) is 0 Å². The van der Waals surface area contributed by atoms with Crippen LogP contribution in [0.5, 0.6) is 0 Å². The average Bonchev–Trinajstić information content (AvgIpc) is 2.79. The van der Waals surface area contributed by atoms with Crippen LogP contribution in [0.2, 0.25) is 0 Å². The van der Waals surface area contributed by atoms with Crippen molar-refractivity contribution in [3.8, 4) is 11.3 Å². The van der Waals surface area contributed by atoms with Gasteiger partial charge in [-0.3, -0.25) is 0 Å². The number of fused-ring (bicyclic) bond motifs is 1. The van der Waals surface area contributed by atoms with E-state index in [4.69, 9.17) is 14.8 Å². The molecule has 0 atom stereocenters. The molecule has 6 heteroatoms. The average molecular weight is 428 g/mol. The second kappa shape index (κ2) is 10.7. The lowest BCUT2D eigenvalue weighted by molar-refractivity contribution is 0.0815. The molecule has 1 fully saturated rings. The molecule has 30 heavy (non-hydrogen) atoms. The lowest BCUT2D eigenvalue weighted by atomic mass is 10.0. The molecule has 1 aliphatic rings. The fraction of sp³-hybridized carbons (Fsp3) is 0.375. The molecule has 0 radical (unpaired) electrons. The molecule has 160 valence electrons. The van der Waals surface area contributed by atoms with Crippen molar-refractivity contribution in [3.63, 3.8) is 0 Å². The lowest BCUT2D eigenvalue weighted by Crippen LogP contribution is -2.46. The number of aliphatic hydroxyl groups excluding tert-OH is 1. The van der Waals surface area contributed by atoms with Gasteiger partial charge in [0.05, 0.1) is 25.5 Å². The number of ether oxygens (including phenoxy) is 1. The summed E-state index contributed by atoms with van der Waals surface area (Å²) < 4.78 is 5.41. The van der Waals surface area contributed by atoms with E-state index in [1.165, 1.54) is 10.8 Å². The molecule has 0 aliphatic carbocycles. The third-order valence-electron chi connectivity index (χ3n) is 5.59. The van der Waals surface area contributed by atoms with E-state index in [9.17, 15) is 0 Å². The summed E-state index contributed by atoms with van der Waals surface area (Å²) in [7, 11) is 0. The van der Waals surface area contributed by atoms with Crippen molar-refractivity contribution in [2.75, 3.05) is 50.8 Å². The molecule has 3 aromatic rings. The van der Waals surface area contributed by atoms with E-state index in [1.54, 1.807) is 0 Å². The molecule has 1 aliphatic heterocycles. The van der Waals surface area contributed by atoms with Gasteiger partial charge in [0.15, 0.2) is 0 Å². The summed E-state index contributed by atoms with van der Waals surface area (Å²) in [6.07, 6.45) is 0. The topological polar surface area (TPSA) is 48.8 Å². The summed E-state index contributed by atoms with van der Waals surface area (Å²) in [6, 6.07) is 19.1. The van der Waals surface area contributed by atoms with E-state index in [0.717, 1.165) is 55.4 Å². The Morgan fingerprint density at radius 1 is 1.00 bits per heavy atom. The highest BCUT2D eigenvalue weighted by atomic mass is 35.5. The molecule has 0 unspecified atom stereocenters. The van der Waals surface area contributed by atoms with Gasteiger partial charge >= 0.3 is 0 Å². The van der Waals surface area contributed by atoms with E-state index >= 15 is 0 Å². The lowest BCUT2D eigenvalue weighted by Gasteiger charge is -2.35. The Morgan fingerprint density at radius 3 is 2.43 bits per heavy atom. The number of piperazine rings is 1. The predicted molar refractivity (Wildman–Crippen MR) is 125 cm³/mol. The number of pyridine rings is 1. The van der Waals surface area contributed by atoms with Crippen molar-refractivity contribution < 1.29 is 9.84 Å². The Bertz CT molecular complexity index is 941. The number of nitrogens with zero attached hydrogens (tertiary/aromatic N) is 3. The van der Waals surface area contributed by atoms with Crippen LogP contribution < -0.4 is 4.90 Å². The van der Waals surface area contributed by atoms with Crippen molar-refractivity contribution in [2.45, 2.75) is 13.5 Å². The highest BCUT2D eigenvalue weighted by molar-refractivity contribution is 5.95. The van der Waals surface area contributed by atoms with Crippen LogP contribution >= 0.6 is 12.4 Å². The second-order valence-corrected chi connectivity index (χ2v) is 7.45. The van der Waals surface area contributed by atoms with Crippen LogP contribution in [-0.4, -0.2) is 60.9 Å². The molecule has 0 spiro atoms. The predicted octanol–water partition coefficient (Wildman–Crippen LogP) is 3.97. The number of hydrogen-bond acceptors (Lipinski definition) is 5. The van der Waals surface area contributed by atoms with Gasteiger partial charge in [-0.05, 0) is 23.6 Å². The van der Waals surface area contributed by atoms with Gasteiger partial charge in [-0.25, -0.2) is 4.98 Å². The summed E-state index contributed by atoms with van der Waals surface area (Å²) >= 11 is 0. The highest BCUT2D eigenvalue weighted by Crippen LogP contribution is 2.30. The summed E-state index contributed by atoms with van der Waals surface area (Å²) in [4.78, 5) is 10.0. The first-order chi connectivity index (χ1) is 14.3. The number of benzene rings is 2. The summed E-state index contributed by atoms with van der Waals surface area (Å²) in [5.74, 6) is 1.09. The maximum Gasteiger partial charge on any atom is 0.137 e. The van der Waals surface area contributed by atoms with Crippen molar-refractivity contribution in [1.82, 2.24) is 9.88 Å². The third kappa shape index (κ3) is 5.10. The molecule has 0 amide bonds. The zero-order valence-electron chi connectivity index (χ0n) is 17.5. The van der Waals surface area contributed by atoms with Crippen LogP contribution in [0.4, 0.5) is 5.82 Å². The minimum atomic E-state index is 0. The van der Waals surface area contributed by atoms with Crippen LogP contribution in [-0.2, 0) is 11.3 Å². The number of halogens is 1. The first-order valence-corrected chi connectivity index (χ1v) is 10.4. The van der Waals surface area contributed by atoms with Crippen molar-refractivity contribution >= 4 is 29.0 Å². The number of rotatable bonds is 7. The molecule has 1 N–H and O–H groups in total. The molecular formula is C24H30ClN3O2. The molecule has 2 aromatic carbocycles. The van der Waals surface area contributed by atoms with Crippen LogP contribution in [0, 0.1) is 0 Å². The van der Waals surface area contributed by atoms with Gasteiger partial charge in [0.25, 0.3) is 0 Å². The SMILES string of the molecule is CCN1CCN(c2nc(-c3ccc(COCCO)cc3)cc3ccccc23)CC1.Cl. The normalized spacial score (nSPS) is 14.7. The van der Waals surface area contributed by atoms with E-state index in [0.29, 0.717) is 13.2 Å². The molecule has 0 bridgehead atoms. The van der Waals surface area contributed by atoms with Gasteiger partial charge in [-0.15, -0.1) is 12.4 Å². The number of likely N-dealkylation sites (N-methyl/N-ethyl adjacent to an activating group) is 1. The Hall–Kier alpha value is -2.18. The quantitative estimate of drug-likeness (QED) is 0.578. The molecular weight excluding hydrogens is 398 g/mol. The Balaban J connectivity index is 0.00000256. The molecule has 1 aromatic heterocycles. The highest BCUT2D eigenvalue weighted by Gasteiger charge is 2.19. The number of hydrogen-bond donors (Lipinski definition) is 1. The fourth-order valence-corrected chi connectivity index (χ4v) is 3.87. The minimum absolute atomic E-state index is 0. The molecule has 0 saturated carbocycles. The van der Waals surface area contributed by atoms with E-state index in [1.807, 2.05) is 0 Å². The largest absolute Gasteiger partial charge is 0.394 e. The number of aromatic nitrogens is 1. The molecule has 5 nitrogen and oxygen atoms in total. The third-order valence-corrected chi connectivity index (χ3v) is 5.59. The fourth-order valence-electron chi connectivity index (χ4n) is 3.87. The minimum Gasteiger partial charge on any atom is -0.394 e. The van der Waals surface area contributed by atoms with Crippen LogP contribution in [0.15, 0.2) is 54.6 Å². The van der Waals surface area contributed by atoms with Crippen LogP contribution in [0.3, 0.4) is 0 Å². The summed E-state index contributed by atoms with van der Waals surface area (Å²) in [5.41, 5.74) is 3.20. The van der Waals surface area contributed by atoms with Gasteiger partial charge < -0.3 is 19.6 Å². The van der Waals surface area contributed by atoms with E-state index in [-0.39, 0.29) is 19.0 Å². The smallest absolute Gasteiger partial charge is 0.137 e. The molecule has 4 rings (SSSR count). The second-order valence-electron chi connectivity index (χ2n) is 7.45. The van der Waals surface area contributed by atoms with Gasteiger partial charge in [0.1, 0.15) is 5.82 Å². The first kappa shape index (κ1) is 22.5. The van der Waals surface area contributed by atoms with Crippen molar-refractivity contribution in [3.05, 3.63) is 60.2 Å². The Kier molecular flexibility index (Phi) is 8.05. The zero-order chi connectivity index (χ0) is 20.1. The molecule has 2 heterocycles. The standard InChI is InChI=1S/C24H29N3O2.ClH/c1-2-26-11-13-27(14-12-26)24-22-6-4-3-5-21(22)17-23(25-24)20-9-7-19(8-10-20)18-29-16-15-28;/h3-10,17,28H,2,11-16,18H2,1H3;1H. The van der Waals surface area contributed by atoms with Gasteiger partial charge in [-0.1, -0.05) is 55.5 Å². The Morgan fingerprint density at radius 2 is 1.73 bits per heavy atom.